The molecule has 0 aromatic carbocycles. The molecule has 0 aliphatic heterocycles. The molecule has 0 unspecified atom stereocenters. The van der Waals surface area contributed by atoms with E-state index in [1.807, 2.05) is 13.1 Å². The Balaban J connectivity index is 2.66. The molecule has 1 aromatic rings. The molecule has 0 saturated carbocycles. The van der Waals surface area contributed by atoms with Gasteiger partial charge in [-0.05, 0) is 26.8 Å². The minimum Gasteiger partial charge on any atom is -0.496 e. The number of aryl methyl sites for hydroxylation is 1. The van der Waals surface area contributed by atoms with E-state index in [0.717, 1.165) is 36.5 Å². The van der Waals surface area contributed by atoms with E-state index in [4.69, 9.17) is 4.74 Å². The number of methoxy groups -OCH3 is 1. The summed E-state index contributed by atoms with van der Waals surface area (Å²) in [6, 6.07) is 0. The third-order valence-electron chi connectivity index (χ3n) is 2.72. The SMILES string of the molecule is CCCNCCc1ncc(C)c(OC)c1C. The van der Waals surface area contributed by atoms with Crippen LogP contribution in [0.4, 0.5) is 0 Å². The number of rotatable bonds is 6. The van der Waals surface area contributed by atoms with Crippen molar-refractivity contribution in [2.75, 3.05) is 20.2 Å². The van der Waals surface area contributed by atoms with Gasteiger partial charge in [0, 0.05) is 36.0 Å². The molecule has 0 bridgehead atoms. The highest BCUT2D eigenvalue weighted by Gasteiger charge is 2.08. The van der Waals surface area contributed by atoms with Crippen LogP contribution < -0.4 is 10.1 Å². The van der Waals surface area contributed by atoms with E-state index in [9.17, 15) is 0 Å². The fourth-order valence-electron chi connectivity index (χ4n) is 1.83. The van der Waals surface area contributed by atoms with Crippen molar-refractivity contribution in [3.8, 4) is 5.75 Å². The Morgan fingerprint density at radius 1 is 1.31 bits per heavy atom. The first-order valence-electron chi connectivity index (χ1n) is 5.90. The van der Waals surface area contributed by atoms with Crippen molar-refractivity contribution in [2.24, 2.45) is 0 Å². The maximum atomic E-state index is 5.38. The molecule has 1 rings (SSSR count). The van der Waals surface area contributed by atoms with Gasteiger partial charge in [-0.3, -0.25) is 4.98 Å². The van der Waals surface area contributed by atoms with Gasteiger partial charge in [-0.1, -0.05) is 6.92 Å². The maximum Gasteiger partial charge on any atom is 0.128 e. The molecule has 3 nitrogen and oxygen atoms in total. The summed E-state index contributed by atoms with van der Waals surface area (Å²) in [5.74, 6) is 0.973. The number of ether oxygens (including phenoxy) is 1. The lowest BCUT2D eigenvalue weighted by Crippen LogP contribution is -2.18. The van der Waals surface area contributed by atoms with Gasteiger partial charge in [-0.2, -0.15) is 0 Å². The van der Waals surface area contributed by atoms with Crippen molar-refractivity contribution in [1.82, 2.24) is 10.3 Å². The van der Waals surface area contributed by atoms with Crippen molar-refractivity contribution < 1.29 is 4.74 Å². The average molecular weight is 222 g/mol. The second-order valence-corrected chi connectivity index (χ2v) is 4.05. The Kier molecular flexibility index (Phi) is 5.26. The molecule has 0 saturated heterocycles. The van der Waals surface area contributed by atoms with Crippen LogP contribution in [0.1, 0.15) is 30.2 Å². The van der Waals surface area contributed by atoms with Crippen molar-refractivity contribution in [1.29, 1.82) is 0 Å². The fraction of sp³-hybridized carbons (Fsp3) is 0.615. The summed E-state index contributed by atoms with van der Waals surface area (Å²) in [7, 11) is 1.72. The summed E-state index contributed by atoms with van der Waals surface area (Å²) in [6.45, 7) is 8.33. The molecule has 0 atom stereocenters. The maximum absolute atomic E-state index is 5.38. The third kappa shape index (κ3) is 3.20. The Labute approximate surface area is 98.2 Å². The lowest BCUT2D eigenvalue weighted by atomic mass is 10.1. The highest BCUT2D eigenvalue weighted by Crippen LogP contribution is 2.23. The summed E-state index contributed by atoms with van der Waals surface area (Å²) in [5.41, 5.74) is 3.40. The number of aromatic nitrogens is 1. The summed E-state index contributed by atoms with van der Waals surface area (Å²) >= 11 is 0. The predicted molar refractivity (Wildman–Crippen MR) is 67.1 cm³/mol. The molecule has 0 aliphatic rings. The predicted octanol–water partition coefficient (Wildman–Crippen LogP) is 2.25. The van der Waals surface area contributed by atoms with E-state index in [-0.39, 0.29) is 0 Å². The molecule has 1 heterocycles. The number of pyridine rings is 1. The van der Waals surface area contributed by atoms with Crippen LogP contribution >= 0.6 is 0 Å². The van der Waals surface area contributed by atoms with Crippen LogP contribution in [0, 0.1) is 13.8 Å². The first-order chi connectivity index (χ1) is 7.70. The van der Waals surface area contributed by atoms with E-state index in [2.05, 4.69) is 24.1 Å². The fourth-order valence-corrected chi connectivity index (χ4v) is 1.83. The molecule has 0 amide bonds. The van der Waals surface area contributed by atoms with Crippen LogP contribution in [-0.2, 0) is 6.42 Å². The molecule has 0 radical (unpaired) electrons. The molecule has 1 N–H and O–H groups in total. The number of hydrogen-bond acceptors (Lipinski definition) is 3. The van der Waals surface area contributed by atoms with Crippen LogP contribution in [0.2, 0.25) is 0 Å². The largest absolute Gasteiger partial charge is 0.496 e. The van der Waals surface area contributed by atoms with E-state index < -0.39 is 0 Å². The zero-order valence-electron chi connectivity index (χ0n) is 10.8. The third-order valence-corrected chi connectivity index (χ3v) is 2.72. The van der Waals surface area contributed by atoms with Crippen LogP contribution in [-0.4, -0.2) is 25.2 Å². The first-order valence-corrected chi connectivity index (χ1v) is 5.90. The van der Waals surface area contributed by atoms with Gasteiger partial charge in [0.05, 0.1) is 7.11 Å². The minimum absolute atomic E-state index is 0.961. The smallest absolute Gasteiger partial charge is 0.128 e. The summed E-state index contributed by atoms with van der Waals surface area (Å²) < 4.78 is 5.38. The first kappa shape index (κ1) is 13.0. The van der Waals surface area contributed by atoms with Gasteiger partial charge >= 0.3 is 0 Å². The molecular weight excluding hydrogens is 200 g/mol. The lowest BCUT2D eigenvalue weighted by Gasteiger charge is -2.12. The summed E-state index contributed by atoms with van der Waals surface area (Å²) in [4.78, 5) is 4.46. The molecule has 0 aliphatic carbocycles. The Hall–Kier alpha value is -1.09. The standard InChI is InChI=1S/C13H22N2O/c1-5-7-14-8-6-12-11(3)13(16-4)10(2)9-15-12/h9,14H,5-8H2,1-4H3. The Bertz CT molecular complexity index is 337. The summed E-state index contributed by atoms with van der Waals surface area (Å²) in [5, 5.41) is 3.38. The van der Waals surface area contributed by atoms with Crippen molar-refractivity contribution in [3.63, 3.8) is 0 Å². The summed E-state index contributed by atoms with van der Waals surface area (Å²) in [6.07, 6.45) is 4.02. The van der Waals surface area contributed by atoms with Gasteiger partial charge in [0.1, 0.15) is 5.75 Å². The monoisotopic (exact) mass is 222 g/mol. The molecule has 1 aromatic heterocycles. The van der Waals surface area contributed by atoms with E-state index in [1.165, 1.54) is 12.0 Å². The van der Waals surface area contributed by atoms with Gasteiger partial charge in [0.2, 0.25) is 0 Å². The molecular formula is C13H22N2O. The molecule has 90 valence electrons. The number of nitrogens with one attached hydrogen (secondary N) is 1. The second-order valence-electron chi connectivity index (χ2n) is 4.05. The second kappa shape index (κ2) is 6.48. The van der Waals surface area contributed by atoms with Gasteiger partial charge < -0.3 is 10.1 Å². The minimum atomic E-state index is 0.961. The van der Waals surface area contributed by atoms with Crippen LogP contribution in [0.25, 0.3) is 0 Å². The van der Waals surface area contributed by atoms with Crippen LogP contribution in [0.5, 0.6) is 5.75 Å². The lowest BCUT2D eigenvalue weighted by molar-refractivity contribution is 0.406. The Morgan fingerprint density at radius 3 is 2.69 bits per heavy atom. The number of hydrogen-bond donors (Lipinski definition) is 1. The topological polar surface area (TPSA) is 34.2 Å². The normalized spacial score (nSPS) is 10.5. The Morgan fingerprint density at radius 2 is 2.06 bits per heavy atom. The highest BCUT2D eigenvalue weighted by molar-refractivity contribution is 5.41. The van der Waals surface area contributed by atoms with Gasteiger partial charge in [0.15, 0.2) is 0 Å². The van der Waals surface area contributed by atoms with Crippen LogP contribution in [0.15, 0.2) is 6.20 Å². The highest BCUT2D eigenvalue weighted by atomic mass is 16.5. The van der Waals surface area contributed by atoms with Crippen molar-refractivity contribution in [2.45, 2.75) is 33.6 Å². The van der Waals surface area contributed by atoms with E-state index >= 15 is 0 Å². The van der Waals surface area contributed by atoms with Crippen LogP contribution in [0.3, 0.4) is 0 Å². The van der Waals surface area contributed by atoms with Gasteiger partial charge in [-0.15, -0.1) is 0 Å². The number of nitrogens with zero attached hydrogens (tertiary/aromatic N) is 1. The zero-order chi connectivity index (χ0) is 12.0. The van der Waals surface area contributed by atoms with Crippen molar-refractivity contribution in [3.05, 3.63) is 23.0 Å². The zero-order valence-corrected chi connectivity index (χ0v) is 10.8. The average Bonchev–Trinajstić information content (AvgIpc) is 2.28. The molecule has 0 spiro atoms. The van der Waals surface area contributed by atoms with E-state index in [1.54, 1.807) is 7.11 Å². The van der Waals surface area contributed by atoms with E-state index in [0.29, 0.717) is 0 Å². The molecule has 0 fully saturated rings. The van der Waals surface area contributed by atoms with Gasteiger partial charge in [0.25, 0.3) is 0 Å². The quantitative estimate of drug-likeness (QED) is 0.750. The van der Waals surface area contributed by atoms with Crippen molar-refractivity contribution >= 4 is 0 Å². The molecule has 3 heteroatoms. The molecule has 16 heavy (non-hydrogen) atoms. The van der Waals surface area contributed by atoms with Gasteiger partial charge in [-0.25, -0.2) is 0 Å².